The maximum atomic E-state index is 5.75. The zero-order valence-electron chi connectivity index (χ0n) is 8.44. The van der Waals surface area contributed by atoms with Crippen molar-refractivity contribution in [3.8, 4) is 0 Å². The summed E-state index contributed by atoms with van der Waals surface area (Å²) in [5.41, 5.74) is 6.70. The van der Waals surface area contributed by atoms with Gasteiger partial charge in [-0.2, -0.15) is 0 Å². The first-order valence-electron chi connectivity index (χ1n) is 5.08. The average molecular weight is 212 g/mol. The van der Waals surface area contributed by atoms with Gasteiger partial charge in [0, 0.05) is 24.6 Å². The second kappa shape index (κ2) is 4.23. The van der Waals surface area contributed by atoms with E-state index in [-0.39, 0.29) is 0 Å². The Morgan fingerprint density at radius 3 is 3.07 bits per heavy atom. The van der Waals surface area contributed by atoms with Gasteiger partial charge >= 0.3 is 0 Å². The molecular weight excluding hydrogens is 196 g/mol. The van der Waals surface area contributed by atoms with Crippen LogP contribution >= 0.6 is 11.5 Å². The van der Waals surface area contributed by atoms with Gasteiger partial charge in [-0.05, 0) is 18.9 Å². The highest BCUT2D eigenvalue weighted by Gasteiger charge is 2.22. The first-order chi connectivity index (χ1) is 6.79. The van der Waals surface area contributed by atoms with E-state index < -0.39 is 0 Å². The number of nitrogens with two attached hydrogens (primary N) is 1. The van der Waals surface area contributed by atoms with E-state index in [0.29, 0.717) is 0 Å². The largest absolute Gasteiger partial charge is 0.388 e. The van der Waals surface area contributed by atoms with Crippen molar-refractivity contribution in [1.82, 2.24) is 14.5 Å². The Labute approximate surface area is 88.3 Å². The smallest absolute Gasteiger partial charge is 0.132 e. The Morgan fingerprint density at radius 1 is 1.64 bits per heavy atom. The molecule has 1 aliphatic heterocycles. The third kappa shape index (κ3) is 2.04. The highest BCUT2D eigenvalue weighted by molar-refractivity contribution is 7.09. The van der Waals surface area contributed by atoms with Crippen LogP contribution in [-0.4, -0.2) is 27.6 Å². The zero-order valence-corrected chi connectivity index (χ0v) is 9.26. The number of rotatable bonds is 3. The first kappa shape index (κ1) is 9.86. The van der Waals surface area contributed by atoms with Gasteiger partial charge in [-0.25, -0.2) is 0 Å². The molecule has 5 heteroatoms. The molecule has 14 heavy (non-hydrogen) atoms. The Balaban J connectivity index is 1.90. The molecule has 1 atom stereocenters. The quantitative estimate of drug-likeness (QED) is 0.821. The van der Waals surface area contributed by atoms with Gasteiger partial charge in [-0.3, -0.25) is 4.90 Å². The fourth-order valence-electron chi connectivity index (χ4n) is 1.93. The summed E-state index contributed by atoms with van der Waals surface area (Å²) in [7, 11) is 0. The van der Waals surface area contributed by atoms with Gasteiger partial charge in [-0.1, -0.05) is 17.8 Å². The van der Waals surface area contributed by atoms with Crippen molar-refractivity contribution in [2.24, 2.45) is 5.92 Å². The van der Waals surface area contributed by atoms with Crippen molar-refractivity contribution in [1.29, 1.82) is 0 Å². The first-order valence-corrected chi connectivity index (χ1v) is 5.86. The summed E-state index contributed by atoms with van der Waals surface area (Å²) < 4.78 is 3.84. The molecule has 1 unspecified atom stereocenters. The van der Waals surface area contributed by atoms with Gasteiger partial charge in [0.2, 0.25) is 0 Å². The molecule has 2 rings (SSSR count). The molecule has 2 heterocycles. The molecule has 0 amide bonds. The number of anilines is 1. The molecule has 1 fully saturated rings. The summed E-state index contributed by atoms with van der Waals surface area (Å²) in [6.07, 6.45) is 2.59. The standard InChI is InChI=1S/C9H16N4S/c1-2-7-3-4-13(5-7)6-8-9(10)14-12-11-8/h7H,2-6,10H2,1H3. The van der Waals surface area contributed by atoms with Gasteiger partial charge < -0.3 is 5.73 Å². The van der Waals surface area contributed by atoms with Crippen LogP contribution in [0.4, 0.5) is 5.00 Å². The van der Waals surface area contributed by atoms with E-state index >= 15 is 0 Å². The number of nitrogen functional groups attached to an aromatic ring is 1. The fraction of sp³-hybridized carbons (Fsp3) is 0.778. The second-order valence-electron chi connectivity index (χ2n) is 3.88. The summed E-state index contributed by atoms with van der Waals surface area (Å²) in [5, 5.41) is 4.80. The number of likely N-dealkylation sites (tertiary alicyclic amines) is 1. The SMILES string of the molecule is CCC1CCN(Cc2nnsc2N)C1. The van der Waals surface area contributed by atoms with E-state index in [0.717, 1.165) is 23.2 Å². The van der Waals surface area contributed by atoms with Crippen molar-refractivity contribution >= 4 is 16.5 Å². The van der Waals surface area contributed by atoms with Crippen LogP contribution in [0, 0.1) is 5.92 Å². The Kier molecular flexibility index (Phi) is 2.98. The van der Waals surface area contributed by atoms with Crippen LogP contribution in [0.25, 0.3) is 0 Å². The summed E-state index contributed by atoms with van der Waals surface area (Å²) in [6.45, 7) is 5.49. The van der Waals surface area contributed by atoms with E-state index in [1.54, 1.807) is 0 Å². The van der Waals surface area contributed by atoms with E-state index in [4.69, 9.17) is 5.73 Å². The highest BCUT2D eigenvalue weighted by atomic mass is 32.1. The lowest BCUT2D eigenvalue weighted by molar-refractivity contribution is 0.312. The van der Waals surface area contributed by atoms with Crippen LogP contribution in [0.15, 0.2) is 0 Å². The van der Waals surface area contributed by atoms with Gasteiger partial charge in [0.1, 0.15) is 10.7 Å². The summed E-state index contributed by atoms with van der Waals surface area (Å²) in [5.74, 6) is 0.864. The maximum absolute atomic E-state index is 5.75. The van der Waals surface area contributed by atoms with Crippen molar-refractivity contribution in [3.63, 3.8) is 0 Å². The van der Waals surface area contributed by atoms with Gasteiger partial charge in [-0.15, -0.1) is 5.10 Å². The minimum Gasteiger partial charge on any atom is -0.388 e. The molecule has 2 N–H and O–H groups in total. The normalized spacial score (nSPS) is 23.1. The molecule has 1 aromatic heterocycles. The minimum absolute atomic E-state index is 0.768. The number of hydrogen-bond donors (Lipinski definition) is 1. The van der Waals surface area contributed by atoms with Crippen LogP contribution in [0.5, 0.6) is 0 Å². The van der Waals surface area contributed by atoms with E-state index in [2.05, 4.69) is 21.4 Å². The van der Waals surface area contributed by atoms with Crippen molar-refractivity contribution in [3.05, 3.63) is 5.69 Å². The Morgan fingerprint density at radius 2 is 2.50 bits per heavy atom. The molecule has 1 saturated heterocycles. The average Bonchev–Trinajstić information content (AvgIpc) is 2.77. The molecule has 0 aliphatic carbocycles. The molecule has 0 saturated carbocycles. The molecule has 4 nitrogen and oxygen atoms in total. The number of nitrogens with zero attached hydrogens (tertiary/aromatic N) is 3. The van der Waals surface area contributed by atoms with Crippen molar-refractivity contribution in [2.45, 2.75) is 26.3 Å². The number of aromatic nitrogens is 2. The molecule has 78 valence electrons. The van der Waals surface area contributed by atoms with Crippen LogP contribution in [0.1, 0.15) is 25.5 Å². The van der Waals surface area contributed by atoms with Crippen LogP contribution in [-0.2, 0) is 6.54 Å². The van der Waals surface area contributed by atoms with Crippen molar-refractivity contribution in [2.75, 3.05) is 18.8 Å². The molecule has 0 bridgehead atoms. The molecule has 1 aromatic rings. The summed E-state index contributed by atoms with van der Waals surface area (Å²) >= 11 is 1.28. The van der Waals surface area contributed by atoms with Crippen LogP contribution in [0.2, 0.25) is 0 Å². The fourth-order valence-corrected chi connectivity index (χ4v) is 2.36. The molecule has 1 aliphatic rings. The molecule has 0 radical (unpaired) electrons. The van der Waals surface area contributed by atoms with Gasteiger partial charge in [0.25, 0.3) is 0 Å². The Hall–Kier alpha value is -0.680. The van der Waals surface area contributed by atoms with Crippen LogP contribution < -0.4 is 5.73 Å². The van der Waals surface area contributed by atoms with E-state index in [1.807, 2.05) is 0 Å². The predicted molar refractivity (Wildman–Crippen MR) is 58.0 cm³/mol. The van der Waals surface area contributed by atoms with Crippen LogP contribution in [0.3, 0.4) is 0 Å². The van der Waals surface area contributed by atoms with Crippen molar-refractivity contribution < 1.29 is 0 Å². The molecule has 0 aromatic carbocycles. The minimum atomic E-state index is 0.768. The summed E-state index contributed by atoms with van der Waals surface area (Å²) in [4.78, 5) is 2.42. The molecular formula is C9H16N4S. The third-order valence-corrected chi connectivity index (χ3v) is 3.50. The zero-order chi connectivity index (χ0) is 9.97. The second-order valence-corrected chi connectivity index (χ2v) is 4.67. The summed E-state index contributed by atoms with van der Waals surface area (Å²) in [6, 6.07) is 0. The monoisotopic (exact) mass is 212 g/mol. The Bertz CT molecular complexity index is 299. The maximum Gasteiger partial charge on any atom is 0.132 e. The highest BCUT2D eigenvalue weighted by Crippen LogP contribution is 2.22. The lowest BCUT2D eigenvalue weighted by Crippen LogP contribution is -2.20. The van der Waals surface area contributed by atoms with Gasteiger partial charge in [0.05, 0.1) is 0 Å². The molecule has 0 spiro atoms. The van der Waals surface area contributed by atoms with Gasteiger partial charge in [0.15, 0.2) is 0 Å². The van der Waals surface area contributed by atoms with E-state index in [1.165, 1.54) is 37.5 Å². The lowest BCUT2D eigenvalue weighted by Gasteiger charge is -2.13. The van der Waals surface area contributed by atoms with E-state index in [9.17, 15) is 0 Å². The predicted octanol–water partition coefficient (Wildman–Crippen LogP) is 1.35. The number of hydrogen-bond acceptors (Lipinski definition) is 5. The topological polar surface area (TPSA) is 55.0 Å². The lowest BCUT2D eigenvalue weighted by atomic mass is 10.1. The third-order valence-electron chi connectivity index (χ3n) is 2.91.